The minimum absolute atomic E-state index is 0.0339. The SMILES string of the molecule is CC(C)[Si]1(C(C)C)OCC2OCC(OC(=O)OCc3ccccc3)C(O)C2O[Si](C(C)C)(C(C)C)O1. The maximum atomic E-state index is 12.4. The van der Waals surface area contributed by atoms with Crippen molar-refractivity contribution in [2.24, 2.45) is 0 Å². The fourth-order valence-corrected chi connectivity index (χ4v) is 16.5. The summed E-state index contributed by atoms with van der Waals surface area (Å²) in [6.45, 7) is 17.5. The summed E-state index contributed by atoms with van der Waals surface area (Å²) < 4.78 is 37.5. The quantitative estimate of drug-likeness (QED) is 0.362. The first-order chi connectivity index (χ1) is 16.9. The second-order valence-corrected chi connectivity index (χ2v) is 19.9. The Morgan fingerprint density at radius 1 is 0.944 bits per heavy atom. The molecule has 204 valence electrons. The molecule has 1 N–H and O–H groups in total. The smallest absolute Gasteiger partial charge is 0.429 e. The van der Waals surface area contributed by atoms with Crippen molar-refractivity contribution in [3.05, 3.63) is 35.9 Å². The molecule has 3 rings (SSSR count). The first-order valence-electron chi connectivity index (χ1n) is 13.1. The summed E-state index contributed by atoms with van der Waals surface area (Å²) in [7, 11) is -5.63. The van der Waals surface area contributed by atoms with Crippen LogP contribution in [0.4, 0.5) is 4.79 Å². The van der Waals surface area contributed by atoms with Gasteiger partial charge in [-0.3, -0.25) is 0 Å². The highest BCUT2D eigenvalue weighted by atomic mass is 28.5. The van der Waals surface area contributed by atoms with Crippen LogP contribution in [0, 0.1) is 0 Å². The second kappa shape index (κ2) is 12.1. The van der Waals surface area contributed by atoms with Crippen LogP contribution in [0.1, 0.15) is 61.0 Å². The zero-order valence-corrected chi connectivity index (χ0v) is 24.9. The number of fused-ring (bicyclic) bond motifs is 1. The third-order valence-corrected chi connectivity index (χ3v) is 17.6. The van der Waals surface area contributed by atoms with Gasteiger partial charge in [-0.25, -0.2) is 4.79 Å². The van der Waals surface area contributed by atoms with Crippen LogP contribution in [0.25, 0.3) is 0 Å². The second-order valence-electron chi connectivity index (χ2n) is 11.1. The van der Waals surface area contributed by atoms with E-state index in [1.165, 1.54) is 0 Å². The van der Waals surface area contributed by atoms with Gasteiger partial charge in [0.05, 0.1) is 13.2 Å². The average molecular weight is 541 g/mol. The fraction of sp³-hybridized carbons (Fsp3) is 0.731. The summed E-state index contributed by atoms with van der Waals surface area (Å²) >= 11 is 0. The third-order valence-electron chi connectivity index (χ3n) is 7.34. The van der Waals surface area contributed by atoms with E-state index in [1.807, 2.05) is 30.3 Å². The van der Waals surface area contributed by atoms with Crippen LogP contribution >= 0.6 is 0 Å². The van der Waals surface area contributed by atoms with Crippen LogP contribution in [0.2, 0.25) is 22.2 Å². The molecule has 0 radical (unpaired) electrons. The van der Waals surface area contributed by atoms with Gasteiger partial charge in [0, 0.05) is 0 Å². The van der Waals surface area contributed by atoms with Gasteiger partial charge in [0.15, 0.2) is 6.10 Å². The molecule has 36 heavy (non-hydrogen) atoms. The lowest BCUT2D eigenvalue weighted by molar-refractivity contribution is -0.201. The normalized spacial score (nSPS) is 28.0. The first kappa shape index (κ1) is 29.3. The summed E-state index contributed by atoms with van der Waals surface area (Å²) in [5.74, 6) is 0. The zero-order valence-electron chi connectivity index (χ0n) is 22.9. The lowest BCUT2D eigenvalue weighted by atomic mass is 10.0. The summed E-state index contributed by atoms with van der Waals surface area (Å²) in [5.41, 5.74) is 1.49. The van der Waals surface area contributed by atoms with Crippen LogP contribution in [0.3, 0.4) is 0 Å². The van der Waals surface area contributed by atoms with Gasteiger partial charge < -0.3 is 32.3 Å². The van der Waals surface area contributed by atoms with Crippen molar-refractivity contribution in [1.29, 1.82) is 0 Å². The lowest BCUT2D eigenvalue weighted by Crippen LogP contribution is -2.69. The Kier molecular flexibility index (Phi) is 9.81. The Morgan fingerprint density at radius 2 is 1.53 bits per heavy atom. The van der Waals surface area contributed by atoms with Crippen molar-refractivity contribution >= 4 is 23.3 Å². The highest BCUT2D eigenvalue weighted by Crippen LogP contribution is 2.47. The molecule has 4 atom stereocenters. The van der Waals surface area contributed by atoms with E-state index in [9.17, 15) is 9.90 Å². The Balaban J connectivity index is 1.81. The van der Waals surface area contributed by atoms with Crippen molar-refractivity contribution in [3.8, 4) is 0 Å². The fourth-order valence-electron chi connectivity index (χ4n) is 5.25. The molecular formula is C26H44O8Si2. The Morgan fingerprint density at radius 3 is 2.08 bits per heavy atom. The predicted octanol–water partition coefficient (Wildman–Crippen LogP) is 5.42. The minimum Gasteiger partial charge on any atom is -0.429 e. The molecule has 8 nitrogen and oxygen atoms in total. The molecule has 0 aromatic heterocycles. The third kappa shape index (κ3) is 6.06. The maximum absolute atomic E-state index is 12.4. The standard InChI is InChI=1S/C26H44O8Si2/c1-17(2)35(18(3)4)31-16-23-25(33-36(34-35,19(5)6)20(7)8)24(27)22(15-29-23)32-26(28)30-14-21-12-10-9-11-13-21/h9-13,17-20,22-25,27H,14-16H2,1-8H3. The Hall–Kier alpha value is -1.28. The van der Waals surface area contributed by atoms with E-state index in [0.717, 1.165) is 5.56 Å². The van der Waals surface area contributed by atoms with Crippen LogP contribution in [-0.2, 0) is 33.8 Å². The van der Waals surface area contributed by atoms with Gasteiger partial charge >= 0.3 is 23.3 Å². The number of carbonyl (C=O) groups excluding carboxylic acids is 1. The molecule has 10 heteroatoms. The van der Waals surface area contributed by atoms with Crippen LogP contribution < -0.4 is 0 Å². The van der Waals surface area contributed by atoms with E-state index in [2.05, 4.69) is 55.4 Å². The minimum atomic E-state index is -2.93. The highest BCUT2D eigenvalue weighted by molar-refractivity contribution is 6.83. The van der Waals surface area contributed by atoms with Gasteiger partial charge in [-0.05, 0) is 27.7 Å². The number of rotatable bonds is 7. The molecule has 0 spiro atoms. The molecule has 0 bridgehead atoms. The molecular weight excluding hydrogens is 496 g/mol. The van der Waals surface area contributed by atoms with Crippen molar-refractivity contribution in [2.75, 3.05) is 13.2 Å². The van der Waals surface area contributed by atoms with Crippen molar-refractivity contribution in [3.63, 3.8) is 0 Å². The van der Waals surface area contributed by atoms with Gasteiger partial charge in [0.2, 0.25) is 0 Å². The number of ether oxygens (including phenoxy) is 3. The summed E-state index contributed by atoms with van der Waals surface area (Å²) in [6, 6.07) is 9.35. The lowest BCUT2D eigenvalue weighted by Gasteiger charge is -2.54. The monoisotopic (exact) mass is 540 g/mol. The van der Waals surface area contributed by atoms with Crippen LogP contribution in [0.5, 0.6) is 0 Å². The topological polar surface area (TPSA) is 92.7 Å². The summed E-state index contributed by atoms with van der Waals surface area (Å²) in [4.78, 5) is 12.4. The number of carbonyl (C=O) groups is 1. The molecule has 2 aliphatic heterocycles. The molecule has 0 aliphatic carbocycles. The van der Waals surface area contributed by atoms with Gasteiger partial charge in [-0.2, -0.15) is 0 Å². The molecule has 2 heterocycles. The number of hydrogen-bond acceptors (Lipinski definition) is 8. The highest BCUT2D eigenvalue weighted by Gasteiger charge is 2.60. The van der Waals surface area contributed by atoms with Gasteiger partial charge in [-0.15, -0.1) is 0 Å². The molecule has 4 unspecified atom stereocenters. The Bertz CT molecular complexity index is 832. The van der Waals surface area contributed by atoms with Crippen LogP contribution in [-0.4, -0.2) is 66.0 Å². The molecule has 2 aliphatic rings. The average Bonchev–Trinajstić information content (AvgIpc) is 2.80. The van der Waals surface area contributed by atoms with E-state index in [1.54, 1.807) is 0 Å². The van der Waals surface area contributed by atoms with E-state index in [-0.39, 0.29) is 42.0 Å². The molecule has 2 fully saturated rings. The zero-order chi connectivity index (χ0) is 26.7. The van der Waals surface area contributed by atoms with Gasteiger partial charge in [0.25, 0.3) is 0 Å². The van der Waals surface area contributed by atoms with Crippen molar-refractivity contribution < 1.29 is 37.1 Å². The number of aliphatic hydroxyl groups is 1. The molecule has 1 aromatic carbocycles. The summed E-state index contributed by atoms with van der Waals surface area (Å²) in [6.07, 6.45) is -4.11. The van der Waals surface area contributed by atoms with E-state index in [4.69, 9.17) is 27.2 Å². The molecule has 0 amide bonds. The number of hydrogen-bond donors (Lipinski definition) is 1. The molecule has 0 saturated carbocycles. The number of benzene rings is 1. The van der Waals surface area contributed by atoms with Crippen molar-refractivity contribution in [2.45, 2.75) is 109 Å². The van der Waals surface area contributed by atoms with E-state index in [0.29, 0.717) is 0 Å². The summed E-state index contributed by atoms with van der Waals surface area (Å²) in [5, 5.41) is 11.3. The van der Waals surface area contributed by atoms with Gasteiger partial charge in [-0.1, -0.05) is 85.7 Å². The number of aliphatic hydroxyl groups excluding tert-OH is 1. The molecule has 1 aromatic rings. The maximum Gasteiger partial charge on any atom is 0.509 e. The van der Waals surface area contributed by atoms with Crippen molar-refractivity contribution in [1.82, 2.24) is 0 Å². The largest absolute Gasteiger partial charge is 0.509 e. The van der Waals surface area contributed by atoms with Gasteiger partial charge in [0.1, 0.15) is 24.9 Å². The van der Waals surface area contributed by atoms with Crippen LogP contribution in [0.15, 0.2) is 30.3 Å². The van der Waals surface area contributed by atoms with E-state index >= 15 is 0 Å². The Labute approximate surface area is 218 Å². The first-order valence-corrected chi connectivity index (χ1v) is 17.1. The van der Waals surface area contributed by atoms with E-state index < -0.39 is 47.7 Å². The molecule has 2 saturated heterocycles. The predicted molar refractivity (Wildman–Crippen MR) is 141 cm³/mol.